The second-order valence-electron chi connectivity index (χ2n) is 9.44. The van der Waals surface area contributed by atoms with Crippen molar-refractivity contribution < 1.29 is 34.1 Å². The van der Waals surface area contributed by atoms with Gasteiger partial charge in [0.2, 0.25) is 11.8 Å². The van der Waals surface area contributed by atoms with Crippen molar-refractivity contribution in [3.05, 3.63) is 53.1 Å². The van der Waals surface area contributed by atoms with Gasteiger partial charge in [0, 0.05) is 30.1 Å². The Morgan fingerprint density at radius 1 is 1.08 bits per heavy atom. The second kappa shape index (κ2) is 9.81. The number of likely N-dealkylation sites (tertiary alicyclic amines) is 1. The minimum absolute atomic E-state index is 0.0433. The molecule has 0 radical (unpaired) electrons. The Balaban J connectivity index is 1.88. The number of phenols is 1. The van der Waals surface area contributed by atoms with Crippen LogP contribution in [0.4, 0.5) is 0 Å². The average Bonchev–Trinajstić information content (AvgIpc) is 3.33. The Bertz CT molecular complexity index is 1180. The fraction of sp³-hybridized carbons (Fsp3) is 0.444. The summed E-state index contributed by atoms with van der Waals surface area (Å²) >= 11 is 0. The van der Waals surface area contributed by atoms with Crippen LogP contribution in [0.1, 0.15) is 42.5 Å². The van der Waals surface area contributed by atoms with Crippen molar-refractivity contribution in [2.24, 2.45) is 11.8 Å². The molecule has 36 heavy (non-hydrogen) atoms. The SMILES string of the molecule is CCCCN1C(=O)C2C(c3ccc(OC)c(C)c3OC)NC(Cc3ccc(O)cc3)(C(=O)O)C2C1=O. The van der Waals surface area contributed by atoms with E-state index >= 15 is 0 Å². The number of rotatable bonds is 9. The number of carboxylic acids is 1. The van der Waals surface area contributed by atoms with Gasteiger partial charge in [0.15, 0.2) is 0 Å². The van der Waals surface area contributed by atoms with E-state index in [0.29, 0.717) is 34.6 Å². The van der Waals surface area contributed by atoms with Crippen molar-refractivity contribution in [3.8, 4) is 17.2 Å². The van der Waals surface area contributed by atoms with Gasteiger partial charge in [-0.3, -0.25) is 24.6 Å². The number of carbonyl (C=O) groups is 3. The molecular formula is C27H32N2O7. The number of ether oxygens (including phenoxy) is 2. The van der Waals surface area contributed by atoms with Crippen LogP contribution in [0.3, 0.4) is 0 Å². The van der Waals surface area contributed by atoms with Gasteiger partial charge in [0.1, 0.15) is 22.8 Å². The highest BCUT2D eigenvalue weighted by Crippen LogP contribution is 2.52. The molecule has 2 saturated heterocycles. The number of nitrogens with zero attached hydrogens (tertiary/aromatic N) is 1. The number of nitrogens with one attached hydrogen (secondary N) is 1. The van der Waals surface area contributed by atoms with Crippen LogP contribution in [0.2, 0.25) is 0 Å². The van der Waals surface area contributed by atoms with Gasteiger partial charge in [0.25, 0.3) is 0 Å². The highest BCUT2D eigenvalue weighted by atomic mass is 16.5. The summed E-state index contributed by atoms with van der Waals surface area (Å²) in [6, 6.07) is 8.92. The first kappa shape index (κ1) is 25.5. The predicted molar refractivity (Wildman–Crippen MR) is 131 cm³/mol. The molecule has 2 aliphatic heterocycles. The molecule has 4 unspecified atom stereocenters. The Hall–Kier alpha value is -3.59. The van der Waals surface area contributed by atoms with E-state index in [1.165, 1.54) is 24.1 Å². The zero-order valence-electron chi connectivity index (χ0n) is 20.9. The highest BCUT2D eigenvalue weighted by molar-refractivity contribution is 6.09. The molecule has 2 aromatic carbocycles. The van der Waals surface area contributed by atoms with Gasteiger partial charge in [0.05, 0.1) is 26.1 Å². The lowest BCUT2D eigenvalue weighted by molar-refractivity contribution is -0.151. The second-order valence-corrected chi connectivity index (χ2v) is 9.44. The smallest absolute Gasteiger partial charge is 0.325 e. The third kappa shape index (κ3) is 3.97. The van der Waals surface area contributed by atoms with Crippen molar-refractivity contribution in [2.45, 2.75) is 44.7 Å². The van der Waals surface area contributed by atoms with Crippen LogP contribution in [0.5, 0.6) is 17.2 Å². The molecule has 2 fully saturated rings. The van der Waals surface area contributed by atoms with E-state index in [1.54, 1.807) is 31.4 Å². The average molecular weight is 497 g/mol. The largest absolute Gasteiger partial charge is 0.508 e. The number of aromatic hydroxyl groups is 1. The summed E-state index contributed by atoms with van der Waals surface area (Å²) in [5.74, 6) is -2.96. The number of phenolic OH excluding ortho intramolecular Hbond substituents is 1. The fourth-order valence-electron chi connectivity index (χ4n) is 5.67. The molecule has 0 saturated carbocycles. The van der Waals surface area contributed by atoms with Crippen molar-refractivity contribution >= 4 is 17.8 Å². The van der Waals surface area contributed by atoms with E-state index in [2.05, 4.69) is 5.32 Å². The fourth-order valence-corrected chi connectivity index (χ4v) is 5.67. The monoisotopic (exact) mass is 496 g/mol. The number of hydrogen-bond acceptors (Lipinski definition) is 7. The Morgan fingerprint density at radius 2 is 1.78 bits per heavy atom. The number of imide groups is 1. The van der Waals surface area contributed by atoms with E-state index in [4.69, 9.17) is 9.47 Å². The van der Waals surface area contributed by atoms with Gasteiger partial charge in [-0.05, 0) is 37.1 Å². The number of benzene rings is 2. The van der Waals surface area contributed by atoms with Crippen LogP contribution in [-0.4, -0.2) is 59.2 Å². The zero-order valence-corrected chi connectivity index (χ0v) is 20.9. The van der Waals surface area contributed by atoms with Crippen LogP contribution in [0.15, 0.2) is 36.4 Å². The molecule has 4 atom stereocenters. The summed E-state index contributed by atoms with van der Waals surface area (Å²) in [6.45, 7) is 4.04. The van der Waals surface area contributed by atoms with Crippen LogP contribution < -0.4 is 14.8 Å². The number of amides is 2. The van der Waals surface area contributed by atoms with E-state index < -0.39 is 35.3 Å². The predicted octanol–water partition coefficient (Wildman–Crippen LogP) is 2.83. The Labute approximate surface area is 210 Å². The quantitative estimate of drug-likeness (QED) is 0.453. The summed E-state index contributed by atoms with van der Waals surface area (Å²) in [5, 5.41) is 23.5. The summed E-state index contributed by atoms with van der Waals surface area (Å²) in [7, 11) is 3.05. The molecule has 2 aliphatic rings. The van der Waals surface area contributed by atoms with Crippen molar-refractivity contribution in [3.63, 3.8) is 0 Å². The molecule has 0 spiro atoms. The molecule has 0 aromatic heterocycles. The molecule has 2 aromatic rings. The molecule has 9 nitrogen and oxygen atoms in total. The minimum atomic E-state index is -1.74. The third-order valence-electron chi connectivity index (χ3n) is 7.43. The summed E-state index contributed by atoms with van der Waals surface area (Å²) in [5.41, 5.74) is 0.186. The molecule has 0 bridgehead atoms. The lowest BCUT2D eigenvalue weighted by Gasteiger charge is -2.31. The first-order chi connectivity index (χ1) is 17.2. The van der Waals surface area contributed by atoms with Crippen molar-refractivity contribution in [2.75, 3.05) is 20.8 Å². The first-order valence-corrected chi connectivity index (χ1v) is 12.1. The molecule has 2 amide bonds. The molecule has 0 aliphatic carbocycles. The van der Waals surface area contributed by atoms with Crippen molar-refractivity contribution in [1.82, 2.24) is 10.2 Å². The first-order valence-electron chi connectivity index (χ1n) is 12.1. The number of fused-ring (bicyclic) bond motifs is 1. The zero-order chi connectivity index (χ0) is 26.2. The molecule has 9 heteroatoms. The molecule has 4 rings (SSSR count). The normalized spacial score (nSPS) is 25.2. The Morgan fingerprint density at radius 3 is 2.36 bits per heavy atom. The maximum absolute atomic E-state index is 13.7. The van der Waals surface area contributed by atoms with Gasteiger partial charge < -0.3 is 19.7 Å². The number of hydrogen-bond donors (Lipinski definition) is 3. The molecule has 3 N–H and O–H groups in total. The van der Waals surface area contributed by atoms with E-state index in [1.807, 2.05) is 13.8 Å². The topological polar surface area (TPSA) is 125 Å². The number of carbonyl (C=O) groups excluding carboxylic acids is 2. The van der Waals surface area contributed by atoms with Gasteiger partial charge in [-0.25, -0.2) is 0 Å². The summed E-state index contributed by atoms with van der Waals surface area (Å²) in [4.78, 5) is 41.5. The highest BCUT2D eigenvalue weighted by Gasteiger charge is 2.68. The number of aliphatic carboxylic acids is 1. The van der Waals surface area contributed by atoms with E-state index in [0.717, 1.165) is 6.42 Å². The van der Waals surface area contributed by atoms with Gasteiger partial charge >= 0.3 is 5.97 Å². The van der Waals surface area contributed by atoms with Crippen LogP contribution >= 0.6 is 0 Å². The standard InChI is InChI=1S/C27H32N2O7/c1-5-6-13-29-24(31)20-21(25(29)32)27(26(33)34,14-16-7-9-17(30)10-8-16)28-22(20)18-11-12-19(35-3)15(2)23(18)36-4/h7-12,20-22,28,30H,5-6,13-14H2,1-4H3,(H,33,34). The molecule has 2 heterocycles. The maximum atomic E-state index is 13.7. The summed E-state index contributed by atoms with van der Waals surface area (Å²) < 4.78 is 11.1. The lowest BCUT2D eigenvalue weighted by Crippen LogP contribution is -2.57. The molecule has 192 valence electrons. The Kier molecular flexibility index (Phi) is 6.95. The molecular weight excluding hydrogens is 464 g/mol. The number of unbranched alkanes of at least 4 members (excludes halogenated alkanes) is 1. The number of carboxylic acid groups (broad SMARTS) is 1. The third-order valence-corrected chi connectivity index (χ3v) is 7.43. The van der Waals surface area contributed by atoms with E-state index in [-0.39, 0.29) is 24.6 Å². The summed E-state index contributed by atoms with van der Waals surface area (Å²) in [6.07, 6.45) is 1.38. The van der Waals surface area contributed by atoms with E-state index in [9.17, 15) is 24.6 Å². The number of methoxy groups -OCH3 is 2. The maximum Gasteiger partial charge on any atom is 0.325 e. The van der Waals surface area contributed by atoms with Crippen molar-refractivity contribution in [1.29, 1.82) is 0 Å². The van der Waals surface area contributed by atoms with Crippen LogP contribution in [0.25, 0.3) is 0 Å². The van der Waals surface area contributed by atoms with Crippen LogP contribution in [0, 0.1) is 18.8 Å². The lowest BCUT2D eigenvalue weighted by atomic mass is 9.76. The van der Waals surface area contributed by atoms with Crippen LogP contribution in [-0.2, 0) is 20.8 Å². The van der Waals surface area contributed by atoms with Gasteiger partial charge in [-0.15, -0.1) is 0 Å². The van der Waals surface area contributed by atoms with Gasteiger partial charge in [-0.2, -0.15) is 0 Å². The van der Waals surface area contributed by atoms with Gasteiger partial charge in [-0.1, -0.05) is 31.5 Å². The minimum Gasteiger partial charge on any atom is -0.508 e.